The molecule has 1 aromatic heterocycles. The molecular weight excluding hydrogens is 232 g/mol. The maximum atomic E-state index is 3.99. The van der Waals surface area contributed by atoms with Gasteiger partial charge in [0.2, 0.25) is 0 Å². The van der Waals surface area contributed by atoms with Gasteiger partial charge in [-0.05, 0) is 35.4 Å². The summed E-state index contributed by atoms with van der Waals surface area (Å²) in [6.45, 7) is 0. The van der Waals surface area contributed by atoms with Crippen molar-refractivity contribution in [1.82, 2.24) is 4.98 Å². The normalized spacial score (nSPS) is 11.3. The first kappa shape index (κ1) is 13.1. The second-order valence-electron chi connectivity index (χ2n) is 4.48. The maximum Gasteiger partial charge on any atom is 0.0361 e. The molecule has 2 heteroatoms. The summed E-state index contributed by atoms with van der Waals surface area (Å²) in [5, 5.41) is 0. The molecule has 0 radical (unpaired) electrons. The van der Waals surface area contributed by atoms with E-state index in [2.05, 4.69) is 46.3 Å². The number of aromatic nitrogens is 1. The smallest absolute Gasteiger partial charge is 0.0361 e. The minimum Gasteiger partial charge on any atom is -0.378 e. The zero-order valence-electron chi connectivity index (χ0n) is 11.3. The Morgan fingerprint density at radius 2 is 1.32 bits per heavy atom. The largest absolute Gasteiger partial charge is 0.378 e. The van der Waals surface area contributed by atoms with Crippen molar-refractivity contribution in [2.75, 3.05) is 19.0 Å². The van der Waals surface area contributed by atoms with Crippen LogP contribution in [0.15, 0.2) is 60.9 Å². The number of anilines is 1. The first-order chi connectivity index (χ1) is 9.25. The Morgan fingerprint density at radius 3 is 1.84 bits per heavy atom. The molecular formula is C17H18N2. The fourth-order valence-corrected chi connectivity index (χ4v) is 1.69. The fraction of sp³-hybridized carbons (Fsp3) is 0.118. The van der Waals surface area contributed by atoms with Crippen LogP contribution in [0.5, 0.6) is 0 Å². The Kier molecular flexibility index (Phi) is 4.51. The highest BCUT2D eigenvalue weighted by molar-refractivity contribution is 5.59. The molecule has 0 spiro atoms. The molecule has 1 heterocycles. The summed E-state index contributed by atoms with van der Waals surface area (Å²) < 4.78 is 0. The molecule has 0 saturated heterocycles. The number of benzene rings is 1. The SMILES string of the molecule is CN(C)c1ccc(C=CC=Cc2ccncc2)cc1. The topological polar surface area (TPSA) is 16.1 Å². The van der Waals surface area contributed by atoms with Crippen LogP contribution in [-0.2, 0) is 0 Å². The molecule has 0 N–H and O–H groups in total. The summed E-state index contributed by atoms with van der Waals surface area (Å²) in [6.07, 6.45) is 11.8. The Bertz CT molecular complexity index is 552. The highest BCUT2D eigenvalue weighted by Gasteiger charge is 1.92. The van der Waals surface area contributed by atoms with Crippen LogP contribution in [0.3, 0.4) is 0 Å². The van der Waals surface area contributed by atoms with Gasteiger partial charge >= 0.3 is 0 Å². The van der Waals surface area contributed by atoms with Gasteiger partial charge in [-0.1, -0.05) is 36.4 Å². The van der Waals surface area contributed by atoms with Gasteiger partial charge in [0, 0.05) is 32.2 Å². The third-order valence-corrected chi connectivity index (χ3v) is 2.80. The lowest BCUT2D eigenvalue weighted by molar-refractivity contribution is 1.13. The van der Waals surface area contributed by atoms with Crippen molar-refractivity contribution >= 4 is 17.8 Å². The second kappa shape index (κ2) is 6.55. The summed E-state index contributed by atoms with van der Waals surface area (Å²) in [7, 11) is 4.09. The van der Waals surface area contributed by atoms with E-state index in [0.717, 1.165) is 5.56 Å². The van der Waals surface area contributed by atoms with Crippen molar-refractivity contribution in [2.45, 2.75) is 0 Å². The molecule has 2 rings (SSSR count). The molecule has 0 fully saturated rings. The van der Waals surface area contributed by atoms with Crippen LogP contribution >= 0.6 is 0 Å². The summed E-state index contributed by atoms with van der Waals surface area (Å²) in [4.78, 5) is 6.08. The molecule has 0 aliphatic rings. The maximum absolute atomic E-state index is 3.99. The summed E-state index contributed by atoms with van der Waals surface area (Å²) in [5.74, 6) is 0. The zero-order valence-corrected chi connectivity index (χ0v) is 11.3. The molecule has 0 saturated carbocycles. The third kappa shape index (κ3) is 4.11. The molecule has 96 valence electrons. The molecule has 2 aromatic rings. The molecule has 19 heavy (non-hydrogen) atoms. The molecule has 2 nitrogen and oxygen atoms in total. The summed E-state index contributed by atoms with van der Waals surface area (Å²) in [5.41, 5.74) is 3.57. The first-order valence-electron chi connectivity index (χ1n) is 6.28. The van der Waals surface area contributed by atoms with Gasteiger partial charge in [-0.2, -0.15) is 0 Å². The van der Waals surface area contributed by atoms with Crippen LogP contribution < -0.4 is 4.90 Å². The van der Waals surface area contributed by atoms with Crippen LogP contribution in [0.1, 0.15) is 11.1 Å². The quantitative estimate of drug-likeness (QED) is 0.766. The zero-order chi connectivity index (χ0) is 13.5. The van der Waals surface area contributed by atoms with E-state index in [1.807, 2.05) is 38.4 Å². The van der Waals surface area contributed by atoms with E-state index in [1.54, 1.807) is 12.4 Å². The van der Waals surface area contributed by atoms with E-state index in [4.69, 9.17) is 0 Å². The van der Waals surface area contributed by atoms with Crippen molar-refractivity contribution in [3.8, 4) is 0 Å². The van der Waals surface area contributed by atoms with Crippen molar-refractivity contribution in [3.05, 3.63) is 72.1 Å². The van der Waals surface area contributed by atoms with E-state index in [9.17, 15) is 0 Å². The molecule has 0 unspecified atom stereocenters. The molecule has 0 aliphatic heterocycles. The third-order valence-electron chi connectivity index (χ3n) is 2.80. The number of allylic oxidation sites excluding steroid dienone is 2. The standard InChI is InChI=1S/C17H18N2/c1-19(2)17-9-7-15(8-10-17)5-3-4-6-16-11-13-18-14-12-16/h3-14H,1-2H3. The Hall–Kier alpha value is -2.35. The van der Waals surface area contributed by atoms with Crippen molar-refractivity contribution in [1.29, 1.82) is 0 Å². The second-order valence-corrected chi connectivity index (χ2v) is 4.48. The van der Waals surface area contributed by atoms with Gasteiger partial charge in [0.05, 0.1) is 0 Å². The monoisotopic (exact) mass is 250 g/mol. The first-order valence-corrected chi connectivity index (χ1v) is 6.28. The minimum atomic E-state index is 1.16. The summed E-state index contributed by atoms with van der Waals surface area (Å²) in [6, 6.07) is 12.4. The highest BCUT2D eigenvalue weighted by atomic mass is 15.1. The van der Waals surface area contributed by atoms with Crippen LogP contribution in [-0.4, -0.2) is 19.1 Å². The Labute approximate surface area is 114 Å². The van der Waals surface area contributed by atoms with Crippen molar-refractivity contribution < 1.29 is 0 Å². The Morgan fingerprint density at radius 1 is 0.789 bits per heavy atom. The van der Waals surface area contributed by atoms with Gasteiger partial charge in [0.1, 0.15) is 0 Å². The van der Waals surface area contributed by atoms with Gasteiger partial charge in [-0.25, -0.2) is 0 Å². The van der Waals surface area contributed by atoms with Gasteiger partial charge in [0.15, 0.2) is 0 Å². The predicted octanol–water partition coefficient (Wildman–Crippen LogP) is 3.87. The van der Waals surface area contributed by atoms with E-state index < -0.39 is 0 Å². The lowest BCUT2D eigenvalue weighted by Gasteiger charge is -2.11. The molecule has 0 amide bonds. The number of hydrogen-bond donors (Lipinski definition) is 0. The van der Waals surface area contributed by atoms with Gasteiger partial charge in [-0.15, -0.1) is 0 Å². The van der Waals surface area contributed by atoms with E-state index >= 15 is 0 Å². The van der Waals surface area contributed by atoms with Gasteiger partial charge < -0.3 is 4.90 Å². The number of hydrogen-bond acceptors (Lipinski definition) is 2. The van der Waals surface area contributed by atoms with Crippen molar-refractivity contribution in [3.63, 3.8) is 0 Å². The summed E-state index contributed by atoms with van der Waals surface area (Å²) >= 11 is 0. The number of nitrogens with zero attached hydrogens (tertiary/aromatic N) is 2. The molecule has 1 aromatic carbocycles. The van der Waals surface area contributed by atoms with Gasteiger partial charge in [-0.3, -0.25) is 4.98 Å². The van der Waals surface area contributed by atoms with Crippen LogP contribution in [0.25, 0.3) is 12.2 Å². The molecule has 0 atom stereocenters. The predicted molar refractivity (Wildman–Crippen MR) is 83.1 cm³/mol. The fourth-order valence-electron chi connectivity index (χ4n) is 1.69. The average molecular weight is 250 g/mol. The van der Waals surface area contributed by atoms with Crippen LogP contribution in [0.4, 0.5) is 5.69 Å². The van der Waals surface area contributed by atoms with Crippen molar-refractivity contribution in [2.24, 2.45) is 0 Å². The lowest BCUT2D eigenvalue weighted by atomic mass is 10.2. The number of pyridine rings is 1. The number of rotatable bonds is 4. The minimum absolute atomic E-state index is 1.16. The molecule has 0 bridgehead atoms. The highest BCUT2D eigenvalue weighted by Crippen LogP contribution is 2.13. The van der Waals surface area contributed by atoms with E-state index in [-0.39, 0.29) is 0 Å². The van der Waals surface area contributed by atoms with Crippen LogP contribution in [0.2, 0.25) is 0 Å². The lowest BCUT2D eigenvalue weighted by Crippen LogP contribution is -2.07. The van der Waals surface area contributed by atoms with Gasteiger partial charge in [0.25, 0.3) is 0 Å². The van der Waals surface area contributed by atoms with E-state index in [0.29, 0.717) is 0 Å². The van der Waals surface area contributed by atoms with E-state index in [1.165, 1.54) is 11.3 Å². The molecule has 0 aliphatic carbocycles. The Balaban J connectivity index is 1.97. The average Bonchev–Trinajstić information content (AvgIpc) is 2.45. The van der Waals surface area contributed by atoms with Crippen LogP contribution in [0, 0.1) is 0 Å².